The van der Waals surface area contributed by atoms with Gasteiger partial charge < -0.3 is 9.47 Å². The second-order valence-corrected chi connectivity index (χ2v) is 4.47. The molecule has 1 heterocycles. The zero-order valence-corrected chi connectivity index (χ0v) is 10.2. The zero-order valence-electron chi connectivity index (χ0n) is 10.2. The van der Waals surface area contributed by atoms with E-state index in [1.807, 2.05) is 26.0 Å². The minimum absolute atomic E-state index is 0.147. The van der Waals surface area contributed by atoms with Crippen LogP contribution in [0.2, 0.25) is 0 Å². The van der Waals surface area contributed by atoms with E-state index in [-0.39, 0.29) is 6.10 Å². The molecule has 0 bridgehead atoms. The van der Waals surface area contributed by atoms with Crippen LogP contribution in [-0.2, 0) is 6.42 Å². The summed E-state index contributed by atoms with van der Waals surface area (Å²) in [5, 5.41) is 0. The van der Waals surface area contributed by atoms with Crippen LogP contribution in [0.4, 0.5) is 0 Å². The van der Waals surface area contributed by atoms with Crippen LogP contribution < -0.4 is 9.47 Å². The van der Waals surface area contributed by atoms with Gasteiger partial charge in [-0.25, -0.2) is 4.98 Å². The largest absolute Gasteiger partial charge is 0.490 e. The highest BCUT2D eigenvalue weighted by Crippen LogP contribution is 2.29. The van der Waals surface area contributed by atoms with Crippen molar-refractivity contribution in [2.24, 2.45) is 0 Å². The van der Waals surface area contributed by atoms with Crippen LogP contribution in [0.5, 0.6) is 11.6 Å². The van der Waals surface area contributed by atoms with Crippen molar-refractivity contribution in [2.45, 2.75) is 52.2 Å². The quantitative estimate of drug-likeness (QED) is 0.766. The molecule has 1 aliphatic rings. The smallest absolute Gasteiger partial charge is 0.217 e. The first-order valence-electron chi connectivity index (χ1n) is 6.01. The summed E-state index contributed by atoms with van der Waals surface area (Å²) in [7, 11) is 0. The van der Waals surface area contributed by atoms with Crippen LogP contribution in [0.3, 0.4) is 0 Å². The summed E-state index contributed by atoms with van der Waals surface area (Å²) >= 11 is 0. The van der Waals surface area contributed by atoms with E-state index in [1.54, 1.807) is 0 Å². The highest BCUT2D eigenvalue weighted by Gasteiger charge is 2.24. The number of aryl methyl sites for hydroxylation is 1. The first-order chi connectivity index (χ1) is 7.67. The minimum atomic E-state index is 0.147. The molecule has 0 radical (unpaired) electrons. The maximum Gasteiger partial charge on any atom is 0.217 e. The van der Waals surface area contributed by atoms with Gasteiger partial charge in [0.25, 0.3) is 0 Å². The Hall–Kier alpha value is -1.25. The Morgan fingerprint density at radius 3 is 2.69 bits per heavy atom. The predicted octanol–water partition coefficient (Wildman–Crippen LogP) is 2.97. The molecule has 1 saturated carbocycles. The molecule has 1 aliphatic carbocycles. The fourth-order valence-electron chi connectivity index (χ4n) is 1.46. The minimum Gasteiger partial charge on any atom is -0.490 e. The number of pyridine rings is 1. The number of rotatable bonds is 5. The highest BCUT2D eigenvalue weighted by molar-refractivity contribution is 5.31. The Balaban J connectivity index is 2.15. The Bertz CT molecular complexity index is 337. The van der Waals surface area contributed by atoms with E-state index in [4.69, 9.17) is 9.47 Å². The van der Waals surface area contributed by atoms with Gasteiger partial charge in [-0.2, -0.15) is 0 Å². The molecule has 88 valence electrons. The van der Waals surface area contributed by atoms with Crippen LogP contribution in [0.25, 0.3) is 0 Å². The Kier molecular flexibility index (Phi) is 3.32. The standard InChI is InChI=1S/C13H19NO2/c1-4-10-7-12(16-11-5-6-11)8-13(14-10)15-9(2)3/h7-9,11H,4-6H2,1-3H3. The van der Waals surface area contributed by atoms with Crippen molar-refractivity contribution in [3.63, 3.8) is 0 Å². The lowest BCUT2D eigenvalue weighted by Crippen LogP contribution is -2.08. The topological polar surface area (TPSA) is 31.4 Å². The Morgan fingerprint density at radius 1 is 1.38 bits per heavy atom. The fraction of sp³-hybridized carbons (Fsp3) is 0.615. The molecule has 2 rings (SSSR count). The first-order valence-corrected chi connectivity index (χ1v) is 6.01. The Labute approximate surface area is 96.8 Å². The lowest BCUT2D eigenvalue weighted by molar-refractivity contribution is 0.229. The van der Waals surface area contributed by atoms with Crippen molar-refractivity contribution in [1.29, 1.82) is 0 Å². The summed E-state index contributed by atoms with van der Waals surface area (Å²) in [4.78, 5) is 4.42. The number of nitrogens with zero attached hydrogens (tertiary/aromatic N) is 1. The van der Waals surface area contributed by atoms with Gasteiger partial charge >= 0.3 is 0 Å². The fourth-order valence-corrected chi connectivity index (χ4v) is 1.46. The second-order valence-electron chi connectivity index (χ2n) is 4.47. The molecule has 1 fully saturated rings. The van der Waals surface area contributed by atoms with E-state index < -0.39 is 0 Å². The van der Waals surface area contributed by atoms with Gasteiger partial charge in [0.05, 0.1) is 12.2 Å². The highest BCUT2D eigenvalue weighted by atomic mass is 16.5. The maximum absolute atomic E-state index is 5.77. The molecule has 0 unspecified atom stereocenters. The third-order valence-electron chi connectivity index (χ3n) is 2.37. The van der Waals surface area contributed by atoms with Crippen LogP contribution in [0.15, 0.2) is 12.1 Å². The third kappa shape index (κ3) is 3.12. The van der Waals surface area contributed by atoms with Gasteiger partial charge in [-0.05, 0) is 33.1 Å². The summed E-state index contributed by atoms with van der Waals surface area (Å²) in [6.45, 7) is 6.09. The lowest BCUT2D eigenvalue weighted by atomic mass is 10.3. The normalized spacial score (nSPS) is 15.2. The molecule has 1 aromatic rings. The molecule has 16 heavy (non-hydrogen) atoms. The maximum atomic E-state index is 5.77. The molecule has 0 atom stereocenters. The molecular formula is C13H19NO2. The van der Waals surface area contributed by atoms with Crippen LogP contribution in [-0.4, -0.2) is 17.2 Å². The average molecular weight is 221 g/mol. The summed E-state index contributed by atoms with van der Waals surface area (Å²) < 4.78 is 11.4. The number of aromatic nitrogens is 1. The van der Waals surface area contributed by atoms with Gasteiger partial charge in [-0.1, -0.05) is 6.92 Å². The molecule has 3 heteroatoms. The van der Waals surface area contributed by atoms with E-state index in [2.05, 4.69) is 11.9 Å². The van der Waals surface area contributed by atoms with E-state index in [9.17, 15) is 0 Å². The summed E-state index contributed by atoms with van der Waals surface area (Å²) in [6, 6.07) is 3.89. The molecule has 0 N–H and O–H groups in total. The number of hydrogen-bond donors (Lipinski definition) is 0. The number of ether oxygens (including phenoxy) is 2. The van der Waals surface area contributed by atoms with Gasteiger partial charge in [0.2, 0.25) is 5.88 Å². The SMILES string of the molecule is CCc1cc(OC2CC2)cc(OC(C)C)n1. The second kappa shape index (κ2) is 4.73. The first kappa shape index (κ1) is 11.2. The average Bonchev–Trinajstić information content (AvgIpc) is 3.00. The van der Waals surface area contributed by atoms with Crippen LogP contribution in [0.1, 0.15) is 39.3 Å². The van der Waals surface area contributed by atoms with Gasteiger partial charge in [0, 0.05) is 17.8 Å². The van der Waals surface area contributed by atoms with Crippen molar-refractivity contribution >= 4 is 0 Å². The molecule has 3 nitrogen and oxygen atoms in total. The molecule has 0 amide bonds. The zero-order chi connectivity index (χ0) is 11.5. The van der Waals surface area contributed by atoms with Gasteiger partial charge in [-0.3, -0.25) is 0 Å². The molecular weight excluding hydrogens is 202 g/mol. The van der Waals surface area contributed by atoms with Gasteiger partial charge in [0.15, 0.2) is 0 Å². The third-order valence-corrected chi connectivity index (χ3v) is 2.37. The van der Waals surface area contributed by atoms with E-state index >= 15 is 0 Å². The summed E-state index contributed by atoms with van der Waals surface area (Å²) in [6.07, 6.45) is 3.80. The number of hydrogen-bond acceptors (Lipinski definition) is 3. The summed E-state index contributed by atoms with van der Waals surface area (Å²) in [5.41, 5.74) is 1.02. The van der Waals surface area contributed by atoms with Crippen molar-refractivity contribution in [3.8, 4) is 11.6 Å². The predicted molar refractivity (Wildman–Crippen MR) is 63.0 cm³/mol. The molecule has 0 aromatic carbocycles. The lowest BCUT2D eigenvalue weighted by Gasteiger charge is -2.12. The van der Waals surface area contributed by atoms with Crippen molar-refractivity contribution in [3.05, 3.63) is 17.8 Å². The van der Waals surface area contributed by atoms with Crippen molar-refractivity contribution < 1.29 is 9.47 Å². The monoisotopic (exact) mass is 221 g/mol. The Morgan fingerprint density at radius 2 is 2.12 bits per heavy atom. The van der Waals surface area contributed by atoms with E-state index in [1.165, 1.54) is 12.8 Å². The molecule has 1 aromatic heterocycles. The van der Waals surface area contributed by atoms with Gasteiger partial charge in [-0.15, -0.1) is 0 Å². The molecule has 0 aliphatic heterocycles. The summed E-state index contributed by atoms with van der Waals surface area (Å²) in [5.74, 6) is 1.56. The van der Waals surface area contributed by atoms with Crippen molar-refractivity contribution in [2.75, 3.05) is 0 Å². The van der Waals surface area contributed by atoms with E-state index in [0.717, 1.165) is 17.9 Å². The van der Waals surface area contributed by atoms with Crippen LogP contribution in [0, 0.1) is 0 Å². The van der Waals surface area contributed by atoms with Gasteiger partial charge in [0.1, 0.15) is 5.75 Å². The molecule has 0 spiro atoms. The van der Waals surface area contributed by atoms with E-state index in [0.29, 0.717) is 12.0 Å². The van der Waals surface area contributed by atoms with Crippen molar-refractivity contribution in [1.82, 2.24) is 4.98 Å². The molecule has 0 saturated heterocycles. The van der Waals surface area contributed by atoms with Crippen LogP contribution >= 0.6 is 0 Å².